The fourth-order valence-electron chi connectivity index (χ4n) is 1.69. The molecule has 13 heavy (non-hydrogen) atoms. The summed E-state index contributed by atoms with van der Waals surface area (Å²) in [6, 6.07) is 4.13. The first-order valence-corrected chi connectivity index (χ1v) is 6.36. The molecule has 0 atom stereocenters. The van der Waals surface area contributed by atoms with Crippen molar-refractivity contribution in [3.05, 3.63) is 30.4 Å². The van der Waals surface area contributed by atoms with Gasteiger partial charge in [-0.05, 0) is 75.7 Å². The summed E-state index contributed by atoms with van der Waals surface area (Å²) in [4.78, 5) is 11.7. The molecular weight excluding hydrogens is 390 g/mol. The van der Waals surface area contributed by atoms with E-state index < -0.39 is 0 Å². The molecule has 0 unspecified atom stereocenters. The Kier molecular flexibility index (Phi) is 2.92. The Balaban J connectivity index is 2.67. The summed E-state index contributed by atoms with van der Waals surface area (Å²) in [6.45, 7) is 0. The smallest absolute Gasteiger partial charge is 0.164 e. The summed E-state index contributed by atoms with van der Waals surface area (Å²) in [6.07, 6.45) is 2.81. The van der Waals surface area contributed by atoms with Crippen LogP contribution in [0.4, 0.5) is 0 Å². The standard InChI is InChI=1S/C10H8I2O/c11-7-4-5-8(12)10-6(7)2-1-3-9(10)13/h4-5H,1-3H2. The van der Waals surface area contributed by atoms with E-state index in [4.69, 9.17) is 0 Å². The molecule has 0 aromatic heterocycles. The highest BCUT2D eigenvalue weighted by molar-refractivity contribution is 14.1. The number of hydrogen-bond donors (Lipinski definition) is 0. The molecule has 1 nitrogen and oxygen atoms in total. The molecule has 0 bridgehead atoms. The van der Waals surface area contributed by atoms with E-state index in [-0.39, 0.29) is 0 Å². The average Bonchev–Trinajstić information content (AvgIpc) is 2.12. The quantitative estimate of drug-likeness (QED) is 0.613. The number of ketones is 1. The zero-order valence-corrected chi connectivity index (χ0v) is 11.3. The van der Waals surface area contributed by atoms with Gasteiger partial charge in [0.25, 0.3) is 0 Å². The second-order valence-electron chi connectivity index (χ2n) is 3.16. The van der Waals surface area contributed by atoms with Crippen molar-refractivity contribution in [2.24, 2.45) is 0 Å². The van der Waals surface area contributed by atoms with Crippen LogP contribution in [0.15, 0.2) is 12.1 Å². The molecule has 0 heterocycles. The van der Waals surface area contributed by atoms with Crippen LogP contribution in [0.3, 0.4) is 0 Å². The number of carbonyl (C=O) groups is 1. The van der Waals surface area contributed by atoms with Gasteiger partial charge in [-0.2, -0.15) is 0 Å². The Morgan fingerprint density at radius 2 is 1.77 bits per heavy atom. The van der Waals surface area contributed by atoms with E-state index in [0.29, 0.717) is 5.78 Å². The number of halogens is 2. The van der Waals surface area contributed by atoms with E-state index >= 15 is 0 Å². The molecule has 1 aromatic carbocycles. The van der Waals surface area contributed by atoms with Crippen molar-refractivity contribution in [3.63, 3.8) is 0 Å². The Morgan fingerprint density at radius 3 is 2.46 bits per heavy atom. The molecule has 2 rings (SSSR count). The molecule has 1 aromatic rings. The fourth-order valence-corrected chi connectivity index (χ4v) is 3.22. The lowest BCUT2D eigenvalue weighted by molar-refractivity contribution is 0.0971. The van der Waals surface area contributed by atoms with Crippen molar-refractivity contribution in [1.29, 1.82) is 0 Å². The SMILES string of the molecule is O=C1CCCc2c(I)ccc(I)c21. The van der Waals surface area contributed by atoms with Crippen LogP contribution in [0.1, 0.15) is 28.8 Å². The highest BCUT2D eigenvalue weighted by atomic mass is 127. The van der Waals surface area contributed by atoms with Crippen molar-refractivity contribution < 1.29 is 4.79 Å². The summed E-state index contributed by atoms with van der Waals surface area (Å²) >= 11 is 4.57. The van der Waals surface area contributed by atoms with Gasteiger partial charge >= 0.3 is 0 Å². The Morgan fingerprint density at radius 1 is 1.08 bits per heavy atom. The molecule has 0 saturated carbocycles. The van der Waals surface area contributed by atoms with Crippen molar-refractivity contribution in [3.8, 4) is 0 Å². The Labute approximate surface area is 105 Å². The van der Waals surface area contributed by atoms with Gasteiger partial charge in [-0.3, -0.25) is 4.79 Å². The van der Waals surface area contributed by atoms with Gasteiger partial charge < -0.3 is 0 Å². The van der Waals surface area contributed by atoms with E-state index in [1.54, 1.807) is 0 Å². The summed E-state index contributed by atoms with van der Waals surface area (Å²) in [7, 11) is 0. The predicted molar refractivity (Wildman–Crippen MR) is 69.1 cm³/mol. The van der Waals surface area contributed by atoms with Crippen LogP contribution in [0, 0.1) is 7.14 Å². The molecule has 0 N–H and O–H groups in total. The van der Waals surface area contributed by atoms with Crippen LogP contribution in [0.25, 0.3) is 0 Å². The van der Waals surface area contributed by atoms with Crippen LogP contribution in [-0.4, -0.2) is 5.78 Å². The van der Waals surface area contributed by atoms with Gasteiger partial charge in [0, 0.05) is 19.1 Å². The van der Waals surface area contributed by atoms with Crippen LogP contribution in [0.2, 0.25) is 0 Å². The van der Waals surface area contributed by atoms with E-state index in [2.05, 4.69) is 51.2 Å². The largest absolute Gasteiger partial charge is 0.294 e. The van der Waals surface area contributed by atoms with Crippen LogP contribution < -0.4 is 0 Å². The maximum absolute atomic E-state index is 11.7. The lowest BCUT2D eigenvalue weighted by Gasteiger charge is -2.17. The first-order valence-electron chi connectivity index (χ1n) is 4.20. The van der Waals surface area contributed by atoms with Crippen molar-refractivity contribution in [1.82, 2.24) is 0 Å². The molecule has 0 amide bonds. The zero-order valence-electron chi connectivity index (χ0n) is 6.94. The number of carbonyl (C=O) groups excluding carboxylic acids is 1. The van der Waals surface area contributed by atoms with Gasteiger partial charge in [0.15, 0.2) is 5.78 Å². The van der Waals surface area contributed by atoms with Gasteiger partial charge in [0.05, 0.1) is 0 Å². The van der Waals surface area contributed by atoms with Crippen LogP contribution in [0.5, 0.6) is 0 Å². The lowest BCUT2D eigenvalue weighted by Crippen LogP contribution is -2.14. The number of fused-ring (bicyclic) bond motifs is 1. The Bertz CT molecular complexity index is 371. The summed E-state index contributed by atoms with van der Waals surface area (Å²) in [5.74, 6) is 0.323. The third kappa shape index (κ3) is 1.77. The highest BCUT2D eigenvalue weighted by Gasteiger charge is 2.21. The predicted octanol–water partition coefficient (Wildman–Crippen LogP) is 3.41. The van der Waals surface area contributed by atoms with Gasteiger partial charge in [0.1, 0.15) is 0 Å². The minimum atomic E-state index is 0.323. The van der Waals surface area contributed by atoms with Crippen molar-refractivity contribution in [2.45, 2.75) is 19.3 Å². The molecule has 0 fully saturated rings. The molecule has 0 aliphatic heterocycles. The molecule has 0 saturated heterocycles. The molecule has 1 aliphatic rings. The Hall–Kier alpha value is 0.350. The molecule has 3 heteroatoms. The minimum absolute atomic E-state index is 0.323. The maximum Gasteiger partial charge on any atom is 0.164 e. The molecule has 0 radical (unpaired) electrons. The summed E-state index contributed by atoms with van der Waals surface area (Å²) in [5, 5.41) is 0. The second-order valence-corrected chi connectivity index (χ2v) is 5.48. The average molecular weight is 398 g/mol. The molecular formula is C10H8I2O. The number of hydrogen-bond acceptors (Lipinski definition) is 1. The first-order chi connectivity index (χ1) is 6.20. The van der Waals surface area contributed by atoms with Gasteiger partial charge in [-0.15, -0.1) is 0 Å². The van der Waals surface area contributed by atoms with E-state index in [1.165, 1.54) is 9.13 Å². The first kappa shape index (κ1) is 9.89. The number of rotatable bonds is 0. The van der Waals surface area contributed by atoms with Crippen LogP contribution >= 0.6 is 45.2 Å². The normalized spacial score (nSPS) is 15.7. The summed E-state index contributed by atoms with van der Waals surface area (Å²) in [5.41, 5.74) is 2.25. The summed E-state index contributed by atoms with van der Waals surface area (Å²) < 4.78 is 2.35. The monoisotopic (exact) mass is 398 g/mol. The fraction of sp³-hybridized carbons (Fsp3) is 0.300. The van der Waals surface area contributed by atoms with Crippen molar-refractivity contribution in [2.75, 3.05) is 0 Å². The van der Waals surface area contributed by atoms with Crippen LogP contribution in [-0.2, 0) is 6.42 Å². The van der Waals surface area contributed by atoms with Gasteiger partial charge in [-0.1, -0.05) is 0 Å². The second kappa shape index (κ2) is 3.84. The number of Topliss-reactive ketones (excluding diaryl/α,β-unsaturated/α-hetero) is 1. The minimum Gasteiger partial charge on any atom is -0.294 e. The van der Waals surface area contributed by atoms with Gasteiger partial charge in [-0.25, -0.2) is 0 Å². The van der Waals surface area contributed by atoms with Crippen molar-refractivity contribution >= 4 is 51.0 Å². The third-order valence-corrected chi connectivity index (χ3v) is 4.22. The van der Waals surface area contributed by atoms with E-state index in [9.17, 15) is 4.79 Å². The third-order valence-electron chi connectivity index (χ3n) is 2.31. The van der Waals surface area contributed by atoms with E-state index in [1.807, 2.05) is 6.07 Å². The van der Waals surface area contributed by atoms with Gasteiger partial charge in [0.2, 0.25) is 0 Å². The zero-order chi connectivity index (χ0) is 9.42. The lowest BCUT2D eigenvalue weighted by atomic mass is 9.91. The van der Waals surface area contributed by atoms with E-state index in [0.717, 1.165) is 28.4 Å². The highest BCUT2D eigenvalue weighted by Crippen LogP contribution is 2.29. The number of benzene rings is 1. The maximum atomic E-state index is 11.7. The molecule has 0 spiro atoms. The topological polar surface area (TPSA) is 17.1 Å². The molecule has 68 valence electrons. The molecule has 1 aliphatic carbocycles.